The summed E-state index contributed by atoms with van der Waals surface area (Å²) in [5, 5.41) is 3.21. The Labute approximate surface area is 182 Å². The molecular weight excluding hydrogens is 410 g/mol. The number of aromatic nitrogens is 4. The number of anilines is 1. The van der Waals surface area contributed by atoms with Crippen molar-refractivity contribution in [3.05, 3.63) is 87.3 Å². The molecule has 2 aromatic carbocycles. The first-order valence-corrected chi connectivity index (χ1v) is 10.1. The van der Waals surface area contributed by atoms with Crippen molar-refractivity contribution in [1.82, 2.24) is 19.1 Å². The lowest BCUT2D eigenvalue weighted by Gasteiger charge is -2.14. The van der Waals surface area contributed by atoms with Crippen LogP contribution in [0.5, 0.6) is 11.8 Å². The van der Waals surface area contributed by atoms with Crippen LogP contribution in [0.2, 0.25) is 0 Å². The Morgan fingerprint density at radius 3 is 2.50 bits per heavy atom. The Bertz CT molecular complexity index is 1410. The van der Waals surface area contributed by atoms with Crippen LogP contribution in [-0.4, -0.2) is 25.0 Å². The first kappa shape index (κ1) is 21.0. The SMILES string of the molecule is CCn1c(=O)c2ccccc2n(CC(=O)Nc2ccc(Oc3ncccn3)cc2C)c1=O. The molecule has 4 rings (SSSR count). The molecule has 0 saturated carbocycles. The van der Waals surface area contributed by atoms with Crippen molar-refractivity contribution >= 4 is 22.5 Å². The number of aryl methyl sites for hydroxylation is 1. The number of carbonyl (C=O) groups is 1. The van der Waals surface area contributed by atoms with Crippen LogP contribution in [0.4, 0.5) is 5.69 Å². The highest BCUT2D eigenvalue weighted by molar-refractivity contribution is 5.92. The Morgan fingerprint density at radius 2 is 1.78 bits per heavy atom. The van der Waals surface area contributed by atoms with Crippen LogP contribution in [0.15, 0.2) is 70.5 Å². The van der Waals surface area contributed by atoms with Gasteiger partial charge in [-0.3, -0.25) is 18.7 Å². The predicted molar refractivity (Wildman–Crippen MR) is 120 cm³/mol. The molecule has 0 unspecified atom stereocenters. The summed E-state index contributed by atoms with van der Waals surface area (Å²) in [4.78, 5) is 46.2. The zero-order valence-electron chi connectivity index (χ0n) is 17.6. The minimum absolute atomic E-state index is 0.218. The number of hydrogen-bond acceptors (Lipinski definition) is 6. The number of fused-ring (bicyclic) bond motifs is 1. The maximum absolute atomic E-state index is 12.8. The molecule has 0 atom stereocenters. The van der Waals surface area contributed by atoms with E-state index in [0.29, 0.717) is 22.3 Å². The van der Waals surface area contributed by atoms with Crippen LogP contribution in [0, 0.1) is 6.92 Å². The number of hydrogen-bond donors (Lipinski definition) is 1. The lowest BCUT2D eigenvalue weighted by Crippen LogP contribution is -2.41. The zero-order chi connectivity index (χ0) is 22.7. The average molecular weight is 431 g/mol. The maximum Gasteiger partial charge on any atom is 0.331 e. The molecule has 0 fully saturated rings. The highest BCUT2D eigenvalue weighted by Crippen LogP contribution is 2.24. The Kier molecular flexibility index (Phi) is 5.80. The van der Waals surface area contributed by atoms with Crippen LogP contribution < -0.4 is 21.3 Å². The Hall–Kier alpha value is -4.27. The quantitative estimate of drug-likeness (QED) is 0.503. The van der Waals surface area contributed by atoms with E-state index in [9.17, 15) is 14.4 Å². The molecule has 9 heteroatoms. The molecule has 2 aromatic heterocycles. The van der Waals surface area contributed by atoms with Gasteiger partial charge in [-0.25, -0.2) is 14.8 Å². The highest BCUT2D eigenvalue weighted by Gasteiger charge is 2.15. The minimum Gasteiger partial charge on any atom is -0.424 e. The predicted octanol–water partition coefficient (Wildman–Crippen LogP) is 2.71. The fourth-order valence-corrected chi connectivity index (χ4v) is 3.42. The average Bonchev–Trinajstić information content (AvgIpc) is 2.79. The van der Waals surface area contributed by atoms with Crippen LogP contribution >= 0.6 is 0 Å². The van der Waals surface area contributed by atoms with E-state index in [-0.39, 0.29) is 30.6 Å². The van der Waals surface area contributed by atoms with Gasteiger partial charge < -0.3 is 10.1 Å². The molecule has 0 aliphatic rings. The van der Waals surface area contributed by atoms with E-state index in [1.54, 1.807) is 67.8 Å². The van der Waals surface area contributed by atoms with Gasteiger partial charge in [-0.2, -0.15) is 0 Å². The minimum atomic E-state index is -0.519. The van der Waals surface area contributed by atoms with Gasteiger partial charge in [0.05, 0.1) is 10.9 Å². The first-order valence-electron chi connectivity index (χ1n) is 10.1. The number of ether oxygens (including phenoxy) is 1. The van der Waals surface area contributed by atoms with Crippen LogP contribution in [0.3, 0.4) is 0 Å². The Balaban J connectivity index is 1.58. The molecule has 0 bridgehead atoms. The first-order chi connectivity index (χ1) is 15.5. The van der Waals surface area contributed by atoms with Crippen LogP contribution in [0.1, 0.15) is 12.5 Å². The van der Waals surface area contributed by atoms with E-state index in [2.05, 4.69) is 15.3 Å². The van der Waals surface area contributed by atoms with Crippen molar-refractivity contribution in [3.8, 4) is 11.8 Å². The molecule has 32 heavy (non-hydrogen) atoms. The summed E-state index contributed by atoms with van der Waals surface area (Å²) in [6.45, 7) is 3.54. The van der Waals surface area contributed by atoms with E-state index in [1.807, 2.05) is 6.92 Å². The van der Waals surface area contributed by atoms with Crippen molar-refractivity contribution in [2.24, 2.45) is 0 Å². The topological polar surface area (TPSA) is 108 Å². The molecule has 9 nitrogen and oxygen atoms in total. The molecule has 0 aliphatic carbocycles. The lowest BCUT2D eigenvalue weighted by atomic mass is 10.2. The van der Waals surface area contributed by atoms with Gasteiger partial charge in [0.1, 0.15) is 12.3 Å². The van der Waals surface area contributed by atoms with Gasteiger partial charge in [0.25, 0.3) is 5.56 Å². The van der Waals surface area contributed by atoms with Gasteiger partial charge in [-0.05, 0) is 55.8 Å². The van der Waals surface area contributed by atoms with E-state index < -0.39 is 5.69 Å². The lowest BCUT2D eigenvalue weighted by molar-refractivity contribution is -0.116. The zero-order valence-corrected chi connectivity index (χ0v) is 17.6. The largest absolute Gasteiger partial charge is 0.424 e. The van der Waals surface area contributed by atoms with Gasteiger partial charge in [-0.15, -0.1) is 0 Å². The molecule has 162 valence electrons. The fraction of sp³-hybridized carbons (Fsp3) is 0.174. The number of benzene rings is 2. The highest BCUT2D eigenvalue weighted by atomic mass is 16.5. The normalized spacial score (nSPS) is 10.8. The monoisotopic (exact) mass is 431 g/mol. The molecule has 1 N–H and O–H groups in total. The third kappa shape index (κ3) is 4.13. The standard InChI is InChI=1S/C23H21N5O4/c1-3-27-21(30)17-7-4-5-8-19(17)28(23(27)31)14-20(29)26-18-10-9-16(13-15(18)2)32-22-24-11-6-12-25-22/h4-13H,3,14H2,1-2H3,(H,26,29). The van der Waals surface area contributed by atoms with Gasteiger partial charge in [0, 0.05) is 24.6 Å². The molecule has 1 amide bonds. The molecular formula is C23H21N5O4. The summed E-state index contributed by atoms with van der Waals surface area (Å²) in [6.07, 6.45) is 3.16. The number of nitrogens with zero attached hydrogens (tertiary/aromatic N) is 4. The summed E-state index contributed by atoms with van der Waals surface area (Å²) in [6, 6.07) is 13.8. The van der Waals surface area contributed by atoms with E-state index in [4.69, 9.17) is 4.74 Å². The summed E-state index contributed by atoms with van der Waals surface area (Å²) in [5.41, 5.74) is 0.888. The second kappa shape index (κ2) is 8.84. The van der Waals surface area contributed by atoms with Gasteiger partial charge in [0.2, 0.25) is 5.91 Å². The van der Waals surface area contributed by atoms with Crippen molar-refractivity contribution in [2.45, 2.75) is 26.9 Å². The fourth-order valence-electron chi connectivity index (χ4n) is 3.42. The number of amides is 1. The second-order valence-corrected chi connectivity index (χ2v) is 7.09. The molecule has 4 aromatic rings. The summed E-state index contributed by atoms with van der Waals surface area (Å²) < 4.78 is 8.04. The third-order valence-corrected chi connectivity index (χ3v) is 4.97. The number of carbonyl (C=O) groups excluding carboxylic acids is 1. The molecule has 0 saturated heterocycles. The summed E-state index contributed by atoms with van der Waals surface area (Å²) in [5.74, 6) is 0.144. The number of rotatable bonds is 6. The number of nitrogens with one attached hydrogen (secondary N) is 1. The summed E-state index contributed by atoms with van der Waals surface area (Å²) >= 11 is 0. The second-order valence-electron chi connectivity index (χ2n) is 7.09. The van der Waals surface area contributed by atoms with Crippen molar-refractivity contribution in [2.75, 3.05) is 5.32 Å². The van der Waals surface area contributed by atoms with Gasteiger partial charge in [0.15, 0.2) is 0 Å². The van der Waals surface area contributed by atoms with Crippen LogP contribution in [0.25, 0.3) is 10.9 Å². The maximum atomic E-state index is 12.8. The molecule has 0 aliphatic heterocycles. The smallest absolute Gasteiger partial charge is 0.331 e. The van der Waals surface area contributed by atoms with E-state index in [0.717, 1.165) is 10.1 Å². The van der Waals surface area contributed by atoms with E-state index in [1.165, 1.54) is 4.57 Å². The summed E-state index contributed by atoms with van der Waals surface area (Å²) in [7, 11) is 0. The third-order valence-electron chi connectivity index (χ3n) is 4.97. The molecule has 2 heterocycles. The number of para-hydroxylation sites is 1. The van der Waals surface area contributed by atoms with Gasteiger partial charge >= 0.3 is 11.7 Å². The van der Waals surface area contributed by atoms with Gasteiger partial charge in [-0.1, -0.05) is 12.1 Å². The van der Waals surface area contributed by atoms with Crippen molar-refractivity contribution in [3.63, 3.8) is 0 Å². The van der Waals surface area contributed by atoms with Crippen molar-refractivity contribution in [1.29, 1.82) is 0 Å². The molecule has 0 radical (unpaired) electrons. The van der Waals surface area contributed by atoms with Crippen molar-refractivity contribution < 1.29 is 9.53 Å². The van der Waals surface area contributed by atoms with Crippen LogP contribution in [-0.2, 0) is 17.9 Å². The molecule has 0 spiro atoms. The Morgan fingerprint density at radius 1 is 1.03 bits per heavy atom. The van der Waals surface area contributed by atoms with E-state index >= 15 is 0 Å².